The molecule has 2 rings (SSSR count). The Labute approximate surface area is 128 Å². The molecule has 5 nitrogen and oxygen atoms in total. The highest BCUT2D eigenvalue weighted by molar-refractivity contribution is 5.74. The van der Waals surface area contributed by atoms with Crippen LogP contribution in [0.1, 0.15) is 18.4 Å². The van der Waals surface area contributed by atoms with Crippen molar-refractivity contribution in [1.29, 1.82) is 0 Å². The highest BCUT2D eigenvalue weighted by atomic mass is 19.4. The Morgan fingerprint density at radius 3 is 2.70 bits per heavy atom. The largest absolute Gasteiger partial charge is 0.468 e. The fourth-order valence-electron chi connectivity index (χ4n) is 1.98. The molecule has 1 heterocycles. The number of amides is 2. The van der Waals surface area contributed by atoms with Crippen LogP contribution in [-0.4, -0.2) is 35.8 Å². The van der Waals surface area contributed by atoms with E-state index in [0.717, 1.165) is 0 Å². The van der Waals surface area contributed by atoms with E-state index in [1.54, 1.807) is 0 Å². The second kappa shape index (κ2) is 6.55. The quantitative estimate of drug-likeness (QED) is 0.811. The fraction of sp³-hybridized carbons (Fsp3) is 0.538. The normalized spacial score (nSPS) is 17.3. The Balaban J connectivity index is 1.76. The molecule has 1 aromatic heterocycles. The van der Waals surface area contributed by atoms with E-state index in [1.165, 1.54) is 18.3 Å². The number of halogens is 5. The van der Waals surface area contributed by atoms with Crippen molar-refractivity contribution in [1.82, 2.24) is 15.6 Å². The molecule has 1 aliphatic carbocycles. The fourth-order valence-corrected chi connectivity index (χ4v) is 1.98. The van der Waals surface area contributed by atoms with Crippen LogP contribution in [0.3, 0.4) is 0 Å². The van der Waals surface area contributed by atoms with Crippen LogP contribution in [0.2, 0.25) is 0 Å². The molecule has 1 aromatic rings. The average molecular weight is 339 g/mol. The Hall–Kier alpha value is -2.13. The molecule has 0 aliphatic heterocycles. The first-order chi connectivity index (χ1) is 10.6. The Kier molecular flexibility index (Phi) is 4.90. The number of pyridine rings is 1. The maximum Gasteiger partial charge on any atom is 0.422 e. The van der Waals surface area contributed by atoms with Gasteiger partial charge < -0.3 is 15.4 Å². The summed E-state index contributed by atoms with van der Waals surface area (Å²) in [4.78, 5) is 15.1. The van der Waals surface area contributed by atoms with Crippen molar-refractivity contribution in [2.24, 2.45) is 0 Å². The van der Waals surface area contributed by atoms with Crippen molar-refractivity contribution in [2.75, 3.05) is 6.61 Å². The van der Waals surface area contributed by atoms with Gasteiger partial charge in [-0.15, -0.1) is 0 Å². The molecule has 23 heavy (non-hydrogen) atoms. The van der Waals surface area contributed by atoms with Gasteiger partial charge in [0, 0.05) is 37.7 Å². The molecular weight excluding hydrogens is 325 g/mol. The maximum atomic E-state index is 12.6. The number of rotatable bonds is 5. The summed E-state index contributed by atoms with van der Waals surface area (Å²) < 4.78 is 65.8. The van der Waals surface area contributed by atoms with E-state index in [1.807, 2.05) is 0 Å². The molecule has 0 spiro atoms. The van der Waals surface area contributed by atoms with E-state index in [0.29, 0.717) is 5.56 Å². The van der Waals surface area contributed by atoms with Gasteiger partial charge in [0.05, 0.1) is 0 Å². The topological polar surface area (TPSA) is 63.2 Å². The molecule has 0 bridgehead atoms. The number of urea groups is 1. The van der Waals surface area contributed by atoms with Crippen molar-refractivity contribution in [3.63, 3.8) is 0 Å². The third kappa shape index (κ3) is 5.87. The van der Waals surface area contributed by atoms with Crippen LogP contribution in [0, 0.1) is 0 Å². The zero-order chi connectivity index (χ0) is 17.1. The zero-order valence-corrected chi connectivity index (χ0v) is 11.8. The van der Waals surface area contributed by atoms with Gasteiger partial charge >= 0.3 is 12.2 Å². The number of ether oxygens (including phenoxy) is 1. The number of hydrogen-bond acceptors (Lipinski definition) is 3. The summed E-state index contributed by atoms with van der Waals surface area (Å²) in [6, 6.07) is 1.54. The van der Waals surface area contributed by atoms with E-state index < -0.39 is 43.6 Å². The first-order valence-electron chi connectivity index (χ1n) is 6.70. The minimum Gasteiger partial charge on any atom is -0.468 e. The number of nitrogens with one attached hydrogen (secondary N) is 2. The average Bonchev–Trinajstić information content (AvgIpc) is 2.41. The minimum absolute atomic E-state index is 0.000155. The molecule has 0 unspecified atom stereocenters. The molecule has 128 valence electrons. The smallest absolute Gasteiger partial charge is 0.422 e. The number of alkyl halides is 5. The molecule has 0 saturated heterocycles. The Bertz CT molecular complexity index is 557. The molecule has 1 saturated carbocycles. The van der Waals surface area contributed by atoms with Gasteiger partial charge in [-0.05, 0) is 11.6 Å². The van der Waals surface area contributed by atoms with Gasteiger partial charge in [0.25, 0.3) is 5.92 Å². The third-order valence-corrected chi connectivity index (χ3v) is 3.06. The van der Waals surface area contributed by atoms with Crippen molar-refractivity contribution < 1.29 is 31.5 Å². The maximum absolute atomic E-state index is 12.6. The van der Waals surface area contributed by atoms with Gasteiger partial charge in [-0.1, -0.05) is 0 Å². The first-order valence-corrected chi connectivity index (χ1v) is 6.70. The highest BCUT2D eigenvalue weighted by Crippen LogP contribution is 2.37. The lowest BCUT2D eigenvalue weighted by Crippen LogP contribution is -2.52. The highest BCUT2D eigenvalue weighted by Gasteiger charge is 2.45. The summed E-state index contributed by atoms with van der Waals surface area (Å²) in [5.41, 5.74) is 0.464. The summed E-state index contributed by atoms with van der Waals surface area (Å²) >= 11 is 0. The van der Waals surface area contributed by atoms with Gasteiger partial charge in [-0.3, -0.25) is 0 Å². The summed E-state index contributed by atoms with van der Waals surface area (Å²) in [7, 11) is 0. The van der Waals surface area contributed by atoms with E-state index in [2.05, 4.69) is 20.4 Å². The first kappa shape index (κ1) is 17.2. The van der Waals surface area contributed by atoms with Gasteiger partial charge in [0.15, 0.2) is 6.61 Å². The molecule has 2 N–H and O–H groups in total. The number of aromatic nitrogens is 1. The summed E-state index contributed by atoms with van der Waals surface area (Å²) in [6.07, 6.45) is -4.02. The molecule has 0 atom stereocenters. The van der Waals surface area contributed by atoms with Gasteiger partial charge in [0.1, 0.15) is 0 Å². The van der Waals surface area contributed by atoms with E-state index in [-0.39, 0.29) is 12.4 Å². The monoisotopic (exact) mass is 339 g/mol. The Morgan fingerprint density at radius 2 is 2.09 bits per heavy atom. The summed E-state index contributed by atoms with van der Waals surface area (Å²) in [5, 5.41) is 4.80. The van der Waals surface area contributed by atoms with E-state index >= 15 is 0 Å². The predicted octanol–water partition coefficient (Wildman–Crippen LogP) is 2.62. The van der Waals surface area contributed by atoms with Crippen molar-refractivity contribution in [2.45, 2.75) is 37.5 Å². The zero-order valence-electron chi connectivity index (χ0n) is 11.8. The van der Waals surface area contributed by atoms with E-state index in [9.17, 15) is 26.7 Å². The molecular formula is C13H14F5N3O2. The number of carbonyl (C=O) groups excluding carboxylic acids is 1. The predicted molar refractivity (Wildman–Crippen MR) is 69.1 cm³/mol. The van der Waals surface area contributed by atoms with E-state index in [4.69, 9.17) is 0 Å². The molecule has 0 radical (unpaired) electrons. The van der Waals surface area contributed by atoms with Crippen LogP contribution in [0.4, 0.5) is 26.7 Å². The summed E-state index contributed by atoms with van der Waals surface area (Å²) in [5.74, 6) is -2.95. The van der Waals surface area contributed by atoms with Crippen molar-refractivity contribution in [3.05, 3.63) is 23.9 Å². The second-order valence-corrected chi connectivity index (χ2v) is 5.19. The number of nitrogens with zero attached hydrogens (tertiary/aromatic N) is 1. The van der Waals surface area contributed by atoms with Crippen LogP contribution < -0.4 is 15.4 Å². The number of carbonyl (C=O) groups is 1. The Morgan fingerprint density at radius 1 is 1.39 bits per heavy atom. The van der Waals surface area contributed by atoms with Crippen LogP contribution >= 0.6 is 0 Å². The van der Waals surface area contributed by atoms with Gasteiger partial charge in [0.2, 0.25) is 5.88 Å². The minimum atomic E-state index is -4.47. The van der Waals surface area contributed by atoms with Gasteiger partial charge in [-0.2, -0.15) is 13.2 Å². The lowest BCUT2D eigenvalue weighted by molar-refractivity contribution is -0.154. The summed E-state index contributed by atoms with van der Waals surface area (Å²) in [6.45, 7) is -1.47. The molecule has 0 aromatic carbocycles. The third-order valence-electron chi connectivity index (χ3n) is 3.06. The molecule has 1 aliphatic rings. The molecule has 1 fully saturated rings. The van der Waals surface area contributed by atoms with Crippen LogP contribution in [-0.2, 0) is 6.54 Å². The van der Waals surface area contributed by atoms with Crippen LogP contribution in [0.15, 0.2) is 18.3 Å². The molecule has 10 heteroatoms. The van der Waals surface area contributed by atoms with Crippen molar-refractivity contribution in [3.8, 4) is 5.88 Å². The SMILES string of the molecule is O=C(NCc1ccnc(OCC(F)(F)F)c1)NC1CC(F)(F)C1. The van der Waals surface area contributed by atoms with Crippen LogP contribution in [0.5, 0.6) is 5.88 Å². The second-order valence-electron chi connectivity index (χ2n) is 5.19. The number of hydrogen-bond donors (Lipinski definition) is 2. The van der Waals surface area contributed by atoms with Gasteiger partial charge in [-0.25, -0.2) is 18.6 Å². The lowest BCUT2D eigenvalue weighted by atomic mass is 9.88. The molecule has 2 amide bonds. The van der Waals surface area contributed by atoms with Crippen molar-refractivity contribution >= 4 is 6.03 Å². The van der Waals surface area contributed by atoms with Crippen LogP contribution in [0.25, 0.3) is 0 Å². The lowest BCUT2D eigenvalue weighted by Gasteiger charge is -2.35. The standard InChI is InChI=1S/C13H14F5N3O2/c14-12(15)4-9(5-12)21-11(22)20-6-8-1-2-19-10(3-8)23-7-13(16,17)18/h1-3,9H,4-7H2,(H2,20,21,22).